The van der Waals surface area contributed by atoms with Crippen molar-refractivity contribution in [2.24, 2.45) is 46.3 Å². The summed E-state index contributed by atoms with van der Waals surface area (Å²) in [5.41, 5.74) is -3.34. The number of aliphatic hydroxyl groups is 6. The summed E-state index contributed by atoms with van der Waals surface area (Å²) in [6.07, 6.45) is 6.26. The molecule has 7 N–H and O–H groups in total. The summed E-state index contributed by atoms with van der Waals surface area (Å²) in [6, 6.07) is 0. The molecule has 5 aliphatic carbocycles. The highest BCUT2D eigenvalue weighted by molar-refractivity contribution is 6.00. The lowest BCUT2D eigenvalue weighted by atomic mass is 9.40. The van der Waals surface area contributed by atoms with E-state index in [9.17, 15) is 35.4 Å². The van der Waals surface area contributed by atoms with Gasteiger partial charge in [-0.15, -0.1) is 0 Å². The van der Waals surface area contributed by atoms with E-state index in [1.807, 2.05) is 6.92 Å². The first-order chi connectivity index (χ1) is 22.2. The van der Waals surface area contributed by atoms with Gasteiger partial charge in [-0.3, -0.25) is 4.79 Å². The summed E-state index contributed by atoms with van der Waals surface area (Å²) >= 11 is 0. The standard InChI is InChI=1S/C38H63NO8/c1-6-7-8-9-11-23-20-47-33(22(23)3)34(44)36(5,45)27-14-17-38(46)29-25(13-16-35(27,38)4)37-15-10-12-24(31(42)26(41)18-37)28(37)32(43)30(29)39-19-21(2)40/h21-28,31,33-34,39-42,44-46H,6-20H2,1-5H3/t21-,22-,23+,24+,25-,26-,27-,28-,31+,33+,34+,35+,36+,37+,38+/m0/s1. The number of unbranched alkanes of at least 4 members (excludes halogenated alkanes) is 3. The molecule has 9 heteroatoms. The van der Waals surface area contributed by atoms with Crippen LogP contribution in [0.5, 0.6) is 0 Å². The number of nitrogens with one attached hydrogen (secondary N) is 1. The molecule has 1 saturated heterocycles. The third-order valence-electron chi connectivity index (χ3n) is 14.8. The summed E-state index contributed by atoms with van der Waals surface area (Å²) in [4.78, 5) is 14.7. The minimum Gasteiger partial charge on any atom is -0.392 e. The van der Waals surface area contributed by atoms with Gasteiger partial charge < -0.3 is 40.7 Å². The van der Waals surface area contributed by atoms with Gasteiger partial charge in [0.25, 0.3) is 0 Å². The van der Waals surface area contributed by atoms with Crippen LogP contribution in [0.1, 0.15) is 118 Å². The van der Waals surface area contributed by atoms with E-state index in [1.54, 1.807) is 13.8 Å². The number of Topliss-reactive ketones (excluding diaryl/α,β-unsaturated/α-hetero) is 1. The lowest BCUT2D eigenvalue weighted by Crippen LogP contribution is -2.68. The molecule has 0 unspecified atom stereocenters. The first-order valence-electron chi connectivity index (χ1n) is 19.0. The quantitative estimate of drug-likeness (QED) is 0.164. The first-order valence-corrected chi connectivity index (χ1v) is 19.0. The molecule has 0 amide bonds. The Balaban J connectivity index is 1.34. The van der Waals surface area contributed by atoms with E-state index < -0.39 is 64.4 Å². The second-order valence-corrected chi connectivity index (χ2v) is 17.3. The number of fused-ring (bicyclic) bond motifs is 3. The number of aliphatic hydroxyl groups excluding tert-OH is 4. The van der Waals surface area contributed by atoms with Gasteiger partial charge in [0.1, 0.15) is 6.10 Å². The van der Waals surface area contributed by atoms with Crippen LogP contribution in [0, 0.1) is 46.3 Å². The maximum atomic E-state index is 14.7. The molecule has 4 saturated carbocycles. The van der Waals surface area contributed by atoms with E-state index in [0.717, 1.165) is 25.7 Å². The second-order valence-electron chi connectivity index (χ2n) is 17.3. The Morgan fingerprint density at radius 1 is 1.09 bits per heavy atom. The predicted molar refractivity (Wildman–Crippen MR) is 178 cm³/mol. The third-order valence-corrected chi connectivity index (χ3v) is 14.8. The largest absolute Gasteiger partial charge is 0.392 e. The molecule has 47 heavy (non-hydrogen) atoms. The summed E-state index contributed by atoms with van der Waals surface area (Å²) < 4.78 is 6.23. The van der Waals surface area contributed by atoms with Crippen molar-refractivity contribution in [1.29, 1.82) is 0 Å². The number of carbonyl (C=O) groups excluding carboxylic acids is 1. The van der Waals surface area contributed by atoms with E-state index >= 15 is 0 Å². The van der Waals surface area contributed by atoms with Crippen molar-refractivity contribution in [3.05, 3.63) is 11.3 Å². The number of ketones is 1. The van der Waals surface area contributed by atoms with Crippen molar-refractivity contribution in [3.63, 3.8) is 0 Å². The Bertz CT molecular complexity index is 1200. The summed E-state index contributed by atoms with van der Waals surface area (Å²) in [7, 11) is 0. The van der Waals surface area contributed by atoms with Gasteiger partial charge >= 0.3 is 0 Å². The SMILES string of the molecule is CCCCCC[C@@H]1CO[C@@H]([C@@H](O)[C@](C)(O)[C@H]2CC[C@@]3(O)C4=C(NC[C@H](C)O)C(=O)[C@@H]5[C@H]6CCC[C@@]5(C[C@H](O)[C@@H]6O)[C@H]4CC[C@]23C)[C@H]1C. The smallest absolute Gasteiger partial charge is 0.182 e. The van der Waals surface area contributed by atoms with Crippen LogP contribution in [0.4, 0.5) is 0 Å². The number of rotatable bonds is 11. The van der Waals surface area contributed by atoms with Gasteiger partial charge in [-0.1, -0.05) is 52.9 Å². The average Bonchev–Trinajstić information content (AvgIpc) is 3.53. The van der Waals surface area contributed by atoms with Crippen LogP contribution in [0.2, 0.25) is 0 Å². The molecule has 0 radical (unpaired) electrons. The van der Waals surface area contributed by atoms with Crippen molar-refractivity contribution in [3.8, 4) is 0 Å². The number of hydrogen-bond donors (Lipinski definition) is 7. The van der Waals surface area contributed by atoms with Gasteiger partial charge in [-0.05, 0) is 106 Å². The predicted octanol–water partition coefficient (Wildman–Crippen LogP) is 3.61. The molecule has 0 spiro atoms. The molecule has 0 aromatic carbocycles. The van der Waals surface area contributed by atoms with Crippen LogP contribution in [0.3, 0.4) is 0 Å². The normalized spacial score (nSPS) is 47.1. The zero-order valence-corrected chi connectivity index (χ0v) is 29.5. The van der Waals surface area contributed by atoms with E-state index in [4.69, 9.17) is 4.74 Å². The maximum absolute atomic E-state index is 14.7. The zero-order valence-electron chi connectivity index (χ0n) is 29.5. The fourth-order valence-electron chi connectivity index (χ4n) is 12.3. The summed E-state index contributed by atoms with van der Waals surface area (Å²) in [5, 5.41) is 73.0. The Morgan fingerprint density at radius 2 is 1.83 bits per heavy atom. The minimum atomic E-state index is -1.55. The first kappa shape index (κ1) is 35.7. The molecule has 6 rings (SSSR count). The van der Waals surface area contributed by atoms with Gasteiger partial charge in [0, 0.05) is 17.9 Å². The highest BCUT2D eigenvalue weighted by atomic mass is 16.5. The van der Waals surface area contributed by atoms with Crippen molar-refractivity contribution >= 4 is 5.78 Å². The fourth-order valence-corrected chi connectivity index (χ4v) is 12.3. The molecule has 2 bridgehead atoms. The van der Waals surface area contributed by atoms with Crippen molar-refractivity contribution in [2.45, 2.75) is 160 Å². The molecule has 1 aliphatic heterocycles. The minimum absolute atomic E-state index is 0.0974. The van der Waals surface area contributed by atoms with E-state index in [2.05, 4.69) is 19.2 Å². The van der Waals surface area contributed by atoms with Gasteiger partial charge in [0.15, 0.2) is 5.78 Å². The van der Waals surface area contributed by atoms with Crippen LogP contribution in [0.15, 0.2) is 11.3 Å². The molecule has 0 aromatic rings. The Hall–Kier alpha value is -1.07. The molecule has 6 aliphatic rings. The molecular weight excluding hydrogens is 598 g/mol. The number of carbonyl (C=O) groups is 1. The summed E-state index contributed by atoms with van der Waals surface area (Å²) in [5.74, 6) is -1.12. The monoisotopic (exact) mass is 661 g/mol. The molecule has 268 valence electrons. The van der Waals surface area contributed by atoms with E-state index in [1.165, 1.54) is 19.3 Å². The lowest BCUT2D eigenvalue weighted by Gasteiger charge is -2.65. The molecule has 15 atom stereocenters. The molecule has 1 heterocycles. The lowest BCUT2D eigenvalue weighted by molar-refractivity contribution is -0.205. The van der Waals surface area contributed by atoms with Crippen molar-refractivity contribution in [2.75, 3.05) is 13.2 Å². The number of hydrogen-bond acceptors (Lipinski definition) is 9. The topological polar surface area (TPSA) is 160 Å². The Morgan fingerprint density at radius 3 is 2.53 bits per heavy atom. The third kappa shape index (κ3) is 5.39. The Kier molecular flexibility index (Phi) is 9.82. The van der Waals surface area contributed by atoms with Crippen molar-refractivity contribution in [1.82, 2.24) is 5.32 Å². The fraction of sp³-hybridized carbons (Fsp3) is 0.921. The van der Waals surface area contributed by atoms with Gasteiger partial charge in [0.2, 0.25) is 0 Å². The highest BCUT2D eigenvalue weighted by Gasteiger charge is 2.72. The van der Waals surface area contributed by atoms with Crippen LogP contribution in [0.25, 0.3) is 0 Å². The van der Waals surface area contributed by atoms with Crippen LogP contribution in [-0.4, -0.2) is 91.3 Å². The van der Waals surface area contributed by atoms with E-state index in [0.29, 0.717) is 62.3 Å². The van der Waals surface area contributed by atoms with Gasteiger partial charge in [0.05, 0.1) is 47.9 Å². The number of ether oxygens (including phenoxy) is 1. The molecular formula is C38H63NO8. The maximum Gasteiger partial charge on any atom is 0.182 e. The zero-order chi connectivity index (χ0) is 34.1. The molecule has 9 nitrogen and oxygen atoms in total. The highest BCUT2D eigenvalue weighted by Crippen LogP contribution is 2.71. The number of allylic oxidation sites excluding steroid dienone is 1. The average molecular weight is 662 g/mol. The second kappa shape index (κ2) is 12.9. The van der Waals surface area contributed by atoms with E-state index in [-0.39, 0.29) is 30.1 Å². The van der Waals surface area contributed by atoms with Crippen LogP contribution >= 0.6 is 0 Å². The van der Waals surface area contributed by atoms with Gasteiger partial charge in [-0.2, -0.15) is 0 Å². The molecule has 0 aromatic heterocycles. The Labute approximate surface area is 281 Å². The van der Waals surface area contributed by atoms with Crippen LogP contribution < -0.4 is 5.32 Å². The van der Waals surface area contributed by atoms with Gasteiger partial charge in [-0.25, -0.2) is 0 Å². The molecule has 5 fully saturated rings. The van der Waals surface area contributed by atoms with Crippen LogP contribution in [-0.2, 0) is 9.53 Å². The summed E-state index contributed by atoms with van der Waals surface area (Å²) in [6.45, 7) is 10.4. The van der Waals surface area contributed by atoms with Crippen molar-refractivity contribution < 1.29 is 40.2 Å².